The molecule has 1 N–H and O–H groups in total. The molecule has 2 heterocycles. The number of nitrogens with one attached hydrogen (secondary N) is 1. The number of para-hydroxylation sites is 2. The number of aryl methyl sites for hydroxylation is 1. The number of halogens is 1. The van der Waals surface area contributed by atoms with Gasteiger partial charge in [-0.25, -0.2) is 9.98 Å². The Bertz CT molecular complexity index is 1030. The van der Waals surface area contributed by atoms with E-state index in [1.165, 1.54) is 5.69 Å². The molecular weight excluding hydrogens is 503 g/mol. The van der Waals surface area contributed by atoms with Gasteiger partial charge in [0, 0.05) is 51.5 Å². The third kappa shape index (κ3) is 5.23. The maximum absolute atomic E-state index is 5.37. The zero-order valence-electron chi connectivity index (χ0n) is 18.4. The predicted octanol–water partition coefficient (Wildman–Crippen LogP) is 3.49. The number of imidazole rings is 1. The lowest BCUT2D eigenvalue weighted by molar-refractivity contribution is 0.371. The molecule has 7 nitrogen and oxygen atoms in total. The van der Waals surface area contributed by atoms with Crippen LogP contribution in [0.5, 0.6) is 5.75 Å². The molecule has 0 saturated carbocycles. The highest BCUT2D eigenvalue weighted by molar-refractivity contribution is 14.0. The molecule has 0 bridgehead atoms. The Morgan fingerprint density at radius 2 is 1.87 bits per heavy atom. The van der Waals surface area contributed by atoms with Crippen molar-refractivity contribution < 1.29 is 4.74 Å². The summed E-state index contributed by atoms with van der Waals surface area (Å²) in [6.45, 7) is 7.25. The van der Waals surface area contributed by atoms with Gasteiger partial charge in [0.15, 0.2) is 5.96 Å². The third-order valence-electron chi connectivity index (χ3n) is 5.58. The van der Waals surface area contributed by atoms with Gasteiger partial charge in [-0.05, 0) is 31.2 Å². The van der Waals surface area contributed by atoms with Crippen molar-refractivity contribution in [3.8, 4) is 5.75 Å². The summed E-state index contributed by atoms with van der Waals surface area (Å²) in [5.41, 5.74) is 3.36. The van der Waals surface area contributed by atoms with E-state index < -0.39 is 0 Å². The minimum absolute atomic E-state index is 0. The Morgan fingerprint density at radius 1 is 1.10 bits per heavy atom. The summed E-state index contributed by atoms with van der Waals surface area (Å²) in [6.07, 6.45) is 0. The molecule has 166 valence electrons. The Kier molecular flexibility index (Phi) is 8.00. The molecule has 0 spiro atoms. The normalized spacial score (nSPS) is 14.5. The Balaban J connectivity index is 0.00000272. The maximum Gasteiger partial charge on any atom is 0.194 e. The molecule has 0 unspecified atom stereocenters. The van der Waals surface area contributed by atoms with Crippen molar-refractivity contribution in [2.24, 2.45) is 12.0 Å². The molecular formula is C23H31IN6O. The van der Waals surface area contributed by atoms with Gasteiger partial charge in [0.05, 0.1) is 18.1 Å². The van der Waals surface area contributed by atoms with Gasteiger partial charge in [0.2, 0.25) is 0 Å². The van der Waals surface area contributed by atoms with Crippen LogP contribution in [0.15, 0.2) is 53.5 Å². The second-order valence-electron chi connectivity index (χ2n) is 7.42. The van der Waals surface area contributed by atoms with Crippen molar-refractivity contribution in [1.29, 1.82) is 0 Å². The Hall–Kier alpha value is -2.49. The van der Waals surface area contributed by atoms with Crippen molar-refractivity contribution in [3.05, 3.63) is 54.4 Å². The van der Waals surface area contributed by atoms with E-state index in [9.17, 15) is 0 Å². The quantitative estimate of drug-likeness (QED) is 0.309. The Morgan fingerprint density at radius 3 is 2.58 bits per heavy atom. The fourth-order valence-electron chi connectivity index (χ4n) is 3.89. The first-order chi connectivity index (χ1) is 14.7. The first-order valence-electron chi connectivity index (χ1n) is 10.5. The molecule has 0 radical (unpaired) electrons. The molecule has 3 aromatic rings. The van der Waals surface area contributed by atoms with Crippen LogP contribution in [0.1, 0.15) is 12.7 Å². The molecule has 0 amide bonds. The highest BCUT2D eigenvalue weighted by Crippen LogP contribution is 2.22. The molecule has 1 aliphatic rings. The van der Waals surface area contributed by atoms with Crippen molar-refractivity contribution in [3.63, 3.8) is 0 Å². The van der Waals surface area contributed by atoms with E-state index in [0.29, 0.717) is 6.54 Å². The van der Waals surface area contributed by atoms with Crippen molar-refractivity contribution >= 4 is 46.7 Å². The number of aliphatic imine (C=N–C) groups is 1. The number of rotatable bonds is 5. The number of anilines is 1. The van der Waals surface area contributed by atoms with Crippen LogP contribution in [0, 0.1) is 0 Å². The summed E-state index contributed by atoms with van der Waals surface area (Å²) >= 11 is 0. The molecule has 2 aromatic carbocycles. The lowest BCUT2D eigenvalue weighted by atomic mass is 10.2. The SMILES string of the molecule is CCNC(=NCc1nc2ccccc2n1C)N1CCN(c2cccc(OC)c2)CC1.I. The summed E-state index contributed by atoms with van der Waals surface area (Å²) in [6, 6.07) is 16.5. The van der Waals surface area contributed by atoms with Gasteiger partial charge < -0.3 is 24.4 Å². The zero-order valence-corrected chi connectivity index (χ0v) is 20.7. The van der Waals surface area contributed by atoms with E-state index in [0.717, 1.165) is 61.3 Å². The summed E-state index contributed by atoms with van der Waals surface area (Å²) in [4.78, 5) is 14.4. The first kappa shape index (κ1) is 23.2. The van der Waals surface area contributed by atoms with E-state index in [1.807, 2.05) is 30.3 Å². The first-order valence-corrected chi connectivity index (χ1v) is 10.5. The molecule has 0 aliphatic carbocycles. The summed E-state index contributed by atoms with van der Waals surface area (Å²) < 4.78 is 7.50. The van der Waals surface area contributed by atoms with Crippen LogP contribution < -0.4 is 15.0 Å². The Labute approximate surface area is 201 Å². The third-order valence-corrected chi connectivity index (χ3v) is 5.58. The summed E-state index contributed by atoms with van der Waals surface area (Å²) in [7, 11) is 3.76. The number of fused-ring (bicyclic) bond motifs is 1. The second-order valence-corrected chi connectivity index (χ2v) is 7.42. The van der Waals surface area contributed by atoms with Crippen LogP contribution in [0.25, 0.3) is 11.0 Å². The number of methoxy groups -OCH3 is 1. The number of hydrogen-bond donors (Lipinski definition) is 1. The predicted molar refractivity (Wildman–Crippen MR) is 138 cm³/mol. The van der Waals surface area contributed by atoms with Crippen molar-refractivity contribution in [1.82, 2.24) is 19.8 Å². The topological polar surface area (TPSA) is 57.9 Å². The molecule has 1 aromatic heterocycles. The summed E-state index contributed by atoms with van der Waals surface area (Å²) in [5, 5.41) is 3.45. The lowest BCUT2D eigenvalue weighted by Gasteiger charge is -2.37. The number of guanidine groups is 1. The lowest BCUT2D eigenvalue weighted by Crippen LogP contribution is -2.52. The van der Waals surface area contributed by atoms with Gasteiger partial charge in [-0.15, -0.1) is 24.0 Å². The minimum Gasteiger partial charge on any atom is -0.497 e. The molecule has 31 heavy (non-hydrogen) atoms. The largest absolute Gasteiger partial charge is 0.497 e. The highest BCUT2D eigenvalue weighted by atomic mass is 127. The molecule has 1 saturated heterocycles. The molecule has 1 fully saturated rings. The standard InChI is InChI=1S/C23H30N6O.HI/c1-4-24-23(25-17-22-26-20-10-5-6-11-21(20)27(22)2)29-14-12-28(13-15-29)18-8-7-9-19(16-18)30-3;/h5-11,16H,4,12-15,17H2,1-3H3,(H,24,25);1H. The van der Waals surface area contributed by atoms with Crippen LogP contribution in [-0.2, 0) is 13.6 Å². The highest BCUT2D eigenvalue weighted by Gasteiger charge is 2.20. The van der Waals surface area contributed by atoms with E-state index in [4.69, 9.17) is 14.7 Å². The molecule has 0 atom stereocenters. The monoisotopic (exact) mass is 534 g/mol. The number of hydrogen-bond acceptors (Lipinski definition) is 4. The van der Waals surface area contributed by atoms with Crippen LogP contribution in [0.2, 0.25) is 0 Å². The molecule has 1 aliphatic heterocycles. The number of ether oxygens (including phenoxy) is 1. The van der Waals surface area contributed by atoms with Gasteiger partial charge in [-0.3, -0.25) is 0 Å². The average Bonchev–Trinajstić information content (AvgIpc) is 3.12. The smallest absolute Gasteiger partial charge is 0.194 e. The van der Waals surface area contributed by atoms with E-state index in [1.54, 1.807) is 7.11 Å². The number of benzene rings is 2. The zero-order chi connectivity index (χ0) is 20.9. The van der Waals surface area contributed by atoms with E-state index in [-0.39, 0.29) is 24.0 Å². The van der Waals surface area contributed by atoms with Gasteiger partial charge in [0.1, 0.15) is 18.1 Å². The van der Waals surface area contributed by atoms with E-state index in [2.05, 4.69) is 51.9 Å². The summed E-state index contributed by atoms with van der Waals surface area (Å²) in [5.74, 6) is 2.82. The van der Waals surface area contributed by atoms with Gasteiger partial charge in [-0.1, -0.05) is 18.2 Å². The fraction of sp³-hybridized carbons (Fsp3) is 0.391. The van der Waals surface area contributed by atoms with Gasteiger partial charge in [0.25, 0.3) is 0 Å². The molecule has 4 rings (SSSR count). The second kappa shape index (κ2) is 10.7. The minimum atomic E-state index is 0. The fourth-order valence-corrected chi connectivity index (χ4v) is 3.89. The maximum atomic E-state index is 5.37. The van der Waals surface area contributed by atoms with Crippen LogP contribution in [0.3, 0.4) is 0 Å². The molecule has 8 heteroatoms. The van der Waals surface area contributed by atoms with Crippen molar-refractivity contribution in [2.75, 3.05) is 44.7 Å². The van der Waals surface area contributed by atoms with Crippen LogP contribution in [-0.4, -0.2) is 60.2 Å². The number of piperazine rings is 1. The van der Waals surface area contributed by atoms with E-state index >= 15 is 0 Å². The van der Waals surface area contributed by atoms with Gasteiger partial charge in [-0.2, -0.15) is 0 Å². The van der Waals surface area contributed by atoms with Crippen LogP contribution in [0.4, 0.5) is 5.69 Å². The number of nitrogens with zero attached hydrogens (tertiary/aromatic N) is 5. The van der Waals surface area contributed by atoms with Crippen LogP contribution >= 0.6 is 24.0 Å². The average molecular weight is 534 g/mol. The van der Waals surface area contributed by atoms with Crippen molar-refractivity contribution in [2.45, 2.75) is 13.5 Å². The van der Waals surface area contributed by atoms with Gasteiger partial charge >= 0.3 is 0 Å². The number of aromatic nitrogens is 2.